The number of nitrogens with zero attached hydrogens (tertiary/aromatic N) is 2. The molecule has 2 aliphatic rings. The zero-order valence-corrected chi connectivity index (χ0v) is 9.45. The summed E-state index contributed by atoms with van der Waals surface area (Å²) in [5, 5.41) is 0. The molecule has 1 unspecified atom stereocenters. The topological polar surface area (TPSA) is 32.8 Å². The van der Waals surface area contributed by atoms with Crippen LogP contribution < -0.4 is 0 Å². The molecule has 0 aromatic carbocycles. The van der Waals surface area contributed by atoms with E-state index in [9.17, 15) is 4.79 Å². The fourth-order valence-electron chi connectivity index (χ4n) is 2.39. The Balaban J connectivity index is 1.80. The Morgan fingerprint density at radius 2 is 2.07 bits per heavy atom. The second-order valence-corrected chi connectivity index (χ2v) is 4.45. The van der Waals surface area contributed by atoms with Gasteiger partial charge in [-0.15, -0.1) is 0 Å². The normalized spacial score (nSPS) is 25.9. The molecule has 15 heavy (non-hydrogen) atoms. The summed E-state index contributed by atoms with van der Waals surface area (Å²) in [4.78, 5) is 16.0. The van der Waals surface area contributed by atoms with E-state index in [2.05, 4.69) is 11.8 Å². The van der Waals surface area contributed by atoms with E-state index < -0.39 is 0 Å². The molecule has 0 bridgehead atoms. The summed E-state index contributed by atoms with van der Waals surface area (Å²) in [5.41, 5.74) is 0. The highest BCUT2D eigenvalue weighted by Gasteiger charge is 2.26. The number of rotatable bonds is 3. The number of carbonyl (C=O) groups is 1. The average molecular weight is 212 g/mol. The Bertz CT molecular complexity index is 227. The zero-order valence-electron chi connectivity index (χ0n) is 9.45. The third-order valence-electron chi connectivity index (χ3n) is 3.27. The van der Waals surface area contributed by atoms with E-state index in [0.717, 1.165) is 52.2 Å². The number of ether oxygens (including phenoxy) is 1. The Hall–Kier alpha value is -0.610. The standard InChI is InChI=1S/C11H20N2O2/c1-10(13-4-2-3-11(13)14)9-12-5-7-15-8-6-12/h10H,2-9H2,1H3. The van der Waals surface area contributed by atoms with E-state index in [1.165, 1.54) is 0 Å². The molecule has 4 nitrogen and oxygen atoms in total. The number of hydrogen-bond donors (Lipinski definition) is 0. The highest BCUT2D eigenvalue weighted by atomic mass is 16.5. The van der Waals surface area contributed by atoms with Crippen LogP contribution in [0.2, 0.25) is 0 Å². The lowest BCUT2D eigenvalue weighted by molar-refractivity contribution is -0.129. The van der Waals surface area contributed by atoms with Crippen molar-refractivity contribution in [2.75, 3.05) is 39.4 Å². The molecule has 2 fully saturated rings. The molecule has 86 valence electrons. The van der Waals surface area contributed by atoms with Crippen molar-refractivity contribution in [3.63, 3.8) is 0 Å². The Morgan fingerprint density at radius 3 is 2.67 bits per heavy atom. The number of carbonyl (C=O) groups excluding carboxylic acids is 1. The molecular weight excluding hydrogens is 192 g/mol. The summed E-state index contributed by atoms with van der Waals surface area (Å²) in [6.45, 7) is 7.78. The van der Waals surface area contributed by atoms with E-state index in [4.69, 9.17) is 4.74 Å². The van der Waals surface area contributed by atoms with Crippen molar-refractivity contribution >= 4 is 5.91 Å². The van der Waals surface area contributed by atoms with Gasteiger partial charge in [0.15, 0.2) is 0 Å². The van der Waals surface area contributed by atoms with Gasteiger partial charge in [-0.25, -0.2) is 0 Å². The molecule has 0 saturated carbocycles. The molecule has 0 radical (unpaired) electrons. The molecule has 2 saturated heterocycles. The smallest absolute Gasteiger partial charge is 0.222 e. The lowest BCUT2D eigenvalue weighted by atomic mass is 10.2. The van der Waals surface area contributed by atoms with Crippen LogP contribution in [-0.2, 0) is 9.53 Å². The van der Waals surface area contributed by atoms with E-state index in [-0.39, 0.29) is 0 Å². The molecule has 0 aromatic heterocycles. The second kappa shape index (κ2) is 4.94. The van der Waals surface area contributed by atoms with Crippen LogP contribution in [0.15, 0.2) is 0 Å². The molecular formula is C11H20N2O2. The van der Waals surface area contributed by atoms with Gasteiger partial charge in [0, 0.05) is 38.6 Å². The lowest BCUT2D eigenvalue weighted by Crippen LogP contribution is -2.46. The first-order chi connectivity index (χ1) is 7.27. The predicted molar refractivity (Wildman–Crippen MR) is 57.7 cm³/mol. The highest BCUT2D eigenvalue weighted by Crippen LogP contribution is 2.14. The molecule has 0 aromatic rings. The van der Waals surface area contributed by atoms with Gasteiger partial charge < -0.3 is 9.64 Å². The minimum atomic E-state index is 0.329. The minimum Gasteiger partial charge on any atom is -0.379 e. The molecule has 2 aliphatic heterocycles. The van der Waals surface area contributed by atoms with Crippen molar-refractivity contribution in [3.8, 4) is 0 Å². The molecule has 4 heteroatoms. The maximum atomic E-state index is 11.5. The zero-order chi connectivity index (χ0) is 10.7. The number of hydrogen-bond acceptors (Lipinski definition) is 3. The predicted octanol–water partition coefficient (Wildman–Crippen LogP) is 0.329. The molecule has 1 atom stereocenters. The molecule has 0 spiro atoms. The van der Waals surface area contributed by atoms with Crippen molar-refractivity contribution < 1.29 is 9.53 Å². The Labute approximate surface area is 91.2 Å². The fraction of sp³-hybridized carbons (Fsp3) is 0.909. The van der Waals surface area contributed by atoms with Crippen LogP contribution in [0, 0.1) is 0 Å². The van der Waals surface area contributed by atoms with Gasteiger partial charge in [0.05, 0.1) is 13.2 Å². The molecule has 2 heterocycles. The average Bonchev–Trinajstić information content (AvgIpc) is 2.66. The first-order valence-corrected chi connectivity index (χ1v) is 5.87. The number of morpholine rings is 1. The van der Waals surface area contributed by atoms with Crippen LogP contribution in [0.1, 0.15) is 19.8 Å². The van der Waals surface area contributed by atoms with E-state index in [0.29, 0.717) is 11.9 Å². The summed E-state index contributed by atoms with van der Waals surface area (Å²) in [5.74, 6) is 0.329. The van der Waals surface area contributed by atoms with Gasteiger partial charge >= 0.3 is 0 Å². The van der Waals surface area contributed by atoms with Crippen molar-refractivity contribution in [2.24, 2.45) is 0 Å². The minimum absolute atomic E-state index is 0.329. The van der Waals surface area contributed by atoms with Gasteiger partial charge in [0.1, 0.15) is 0 Å². The summed E-state index contributed by atoms with van der Waals surface area (Å²) < 4.78 is 5.31. The van der Waals surface area contributed by atoms with Crippen LogP contribution in [0.4, 0.5) is 0 Å². The van der Waals surface area contributed by atoms with Crippen LogP contribution in [0.3, 0.4) is 0 Å². The van der Waals surface area contributed by atoms with Crippen molar-refractivity contribution in [1.82, 2.24) is 9.80 Å². The molecule has 0 aliphatic carbocycles. The first kappa shape index (κ1) is 10.9. The number of amides is 1. The Kier molecular flexibility index (Phi) is 3.59. The quantitative estimate of drug-likeness (QED) is 0.676. The number of likely N-dealkylation sites (tertiary alicyclic amines) is 1. The van der Waals surface area contributed by atoms with E-state index in [1.807, 2.05) is 4.90 Å². The monoisotopic (exact) mass is 212 g/mol. The van der Waals surface area contributed by atoms with Gasteiger partial charge in [-0.3, -0.25) is 9.69 Å². The third kappa shape index (κ3) is 2.69. The maximum Gasteiger partial charge on any atom is 0.222 e. The van der Waals surface area contributed by atoms with Crippen LogP contribution >= 0.6 is 0 Å². The van der Waals surface area contributed by atoms with Gasteiger partial charge in [0.25, 0.3) is 0 Å². The van der Waals surface area contributed by atoms with Crippen molar-refractivity contribution in [1.29, 1.82) is 0 Å². The first-order valence-electron chi connectivity index (χ1n) is 5.87. The van der Waals surface area contributed by atoms with Gasteiger partial charge in [-0.1, -0.05) is 0 Å². The largest absolute Gasteiger partial charge is 0.379 e. The van der Waals surface area contributed by atoms with Gasteiger partial charge in [-0.05, 0) is 13.3 Å². The van der Waals surface area contributed by atoms with Crippen LogP contribution in [0.5, 0.6) is 0 Å². The lowest BCUT2D eigenvalue weighted by Gasteiger charge is -2.32. The molecule has 0 N–H and O–H groups in total. The third-order valence-corrected chi connectivity index (χ3v) is 3.27. The molecule has 1 amide bonds. The van der Waals surface area contributed by atoms with Crippen LogP contribution in [0.25, 0.3) is 0 Å². The van der Waals surface area contributed by atoms with Gasteiger partial charge in [0.2, 0.25) is 5.91 Å². The van der Waals surface area contributed by atoms with E-state index in [1.54, 1.807) is 0 Å². The molecule has 2 rings (SSSR count). The SMILES string of the molecule is CC(CN1CCOCC1)N1CCCC1=O. The highest BCUT2D eigenvalue weighted by molar-refractivity contribution is 5.78. The summed E-state index contributed by atoms with van der Waals surface area (Å²) >= 11 is 0. The van der Waals surface area contributed by atoms with Crippen molar-refractivity contribution in [2.45, 2.75) is 25.8 Å². The second-order valence-electron chi connectivity index (χ2n) is 4.45. The maximum absolute atomic E-state index is 11.5. The summed E-state index contributed by atoms with van der Waals surface area (Å²) in [7, 11) is 0. The van der Waals surface area contributed by atoms with Gasteiger partial charge in [-0.2, -0.15) is 0 Å². The van der Waals surface area contributed by atoms with E-state index >= 15 is 0 Å². The fourth-order valence-corrected chi connectivity index (χ4v) is 2.39. The summed E-state index contributed by atoms with van der Waals surface area (Å²) in [6.07, 6.45) is 1.78. The van der Waals surface area contributed by atoms with Crippen molar-refractivity contribution in [3.05, 3.63) is 0 Å². The summed E-state index contributed by atoms with van der Waals surface area (Å²) in [6, 6.07) is 0.359. The Morgan fingerprint density at radius 1 is 1.33 bits per heavy atom. The van der Waals surface area contributed by atoms with Crippen LogP contribution in [-0.4, -0.2) is 61.1 Å².